The van der Waals surface area contributed by atoms with Crippen LogP contribution in [0, 0.1) is 0 Å². The van der Waals surface area contributed by atoms with Crippen LogP contribution in [0.15, 0.2) is 24.3 Å². The van der Waals surface area contributed by atoms with Gasteiger partial charge in [0, 0.05) is 6.54 Å². The molecule has 1 saturated heterocycles. The lowest BCUT2D eigenvalue weighted by Crippen LogP contribution is -2.45. The Morgan fingerprint density at radius 2 is 2.28 bits per heavy atom. The van der Waals surface area contributed by atoms with Crippen LogP contribution in [0.2, 0.25) is 0 Å². The fourth-order valence-electron chi connectivity index (χ4n) is 2.46. The van der Waals surface area contributed by atoms with Crippen LogP contribution in [-0.4, -0.2) is 38.4 Å². The van der Waals surface area contributed by atoms with Crippen molar-refractivity contribution in [3.05, 3.63) is 24.3 Å². The number of fused-ring (bicyclic) bond motifs is 1. The third-order valence-electron chi connectivity index (χ3n) is 3.37. The molecule has 1 atom stereocenters. The molecule has 6 heteroatoms. The molecule has 2 heterocycles. The van der Waals surface area contributed by atoms with Gasteiger partial charge in [-0.3, -0.25) is 4.90 Å². The lowest BCUT2D eigenvalue weighted by atomic mass is 10.2. The van der Waals surface area contributed by atoms with Crippen LogP contribution in [0.5, 0.6) is 0 Å². The van der Waals surface area contributed by atoms with Crippen molar-refractivity contribution in [3.63, 3.8) is 0 Å². The summed E-state index contributed by atoms with van der Waals surface area (Å²) in [6, 6.07) is 7.13. The summed E-state index contributed by atoms with van der Waals surface area (Å²) in [5.74, 6) is -1.00. The van der Waals surface area contributed by atoms with Gasteiger partial charge in [-0.1, -0.05) is 17.3 Å². The van der Waals surface area contributed by atoms with Gasteiger partial charge in [-0.25, -0.2) is 4.68 Å². The Morgan fingerprint density at radius 3 is 3.11 bits per heavy atom. The normalized spacial score (nSPS) is 20.6. The third kappa shape index (κ3) is 1.84. The van der Waals surface area contributed by atoms with Crippen molar-refractivity contribution in [3.8, 4) is 0 Å². The van der Waals surface area contributed by atoms with Crippen molar-refractivity contribution >= 4 is 17.0 Å². The molecule has 94 valence electrons. The monoisotopic (exact) mass is 245 g/mol. The smallest absolute Gasteiger partial charge is 0.113 e. The molecule has 1 fully saturated rings. The van der Waals surface area contributed by atoms with E-state index in [1.54, 1.807) is 4.68 Å². The molecule has 0 saturated carbocycles. The Balaban J connectivity index is 1.86. The highest BCUT2D eigenvalue weighted by Crippen LogP contribution is 2.19. The fourth-order valence-corrected chi connectivity index (χ4v) is 2.46. The zero-order valence-electron chi connectivity index (χ0n) is 9.82. The fraction of sp³-hybridized carbons (Fsp3) is 0.417. The molecule has 0 radical (unpaired) electrons. The van der Waals surface area contributed by atoms with E-state index < -0.39 is 12.0 Å². The van der Waals surface area contributed by atoms with Crippen LogP contribution < -0.4 is 5.11 Å². The second-order valence-electron chi connectivity index (χ2n) is 4.51. The van der Waals surface area contributed by atoms with Gasteiger partial charge in [-0.05, 0) is 25.0 Å². The molecule has 6 nitrogen and oxygen atoms in total. The van der Waals surface area contributed by atoms with E-state index in [2.05, 4.69) is 10.3 Å². The highest BCUT2D eigenvalue weighted by Gasteiger charge is 2.26. The van der Waals surface area contributed by atoms with E-state index >= 15 is 0 Å². The van der Waals surface area contributed by atoms with E-state index in [1.807, 2.05) is 29.2 Å². The van der Waals surface area contributed by atoms with Gasteiger partial charge in [-0.2, -0.15) is 0 Å². The number of hydrogen-bond acceptors (Lipinski definition) is 5. The van der Waals surface area contributed by atoms with E-state index in [1.165, 1.54) is 0 Å². The Hall–Kier alpha value is -1.95. The number of benzene rings is 1. The van der Waals surface area contributed by atoms with Gasteiger partial charge in [0.15, 0.2) is 0 Å². The van der Waals surface area contributed by atoms with Crippen LogP contribution in [0.25, 0.3) is 11.0 Å². The zero-order chi connectivity index (χ0) is 12.5. The number of para-hydroxylation sites is 1. The summed E-state index contributed by atoms with van der Waals surface area (Å²) < 4.78 is 1.73. The molecule has 1 aliphatic heterocycles. The highest BCUT2D eigenvalue weighted by molar-refractivity contribution is 5.74. The van der Waals surface area contributed by atoms with Crippen molar-refractivity contribution < 1.29 is 9.90 Å². The third-order valence-corrected chi connectivity index (χ3v) is 3.37. The summed E-state index contributed by atoms with van der Waals surface area (Å²) in [5.41, 5.74) is 1.74. The quantitative estimate of drug-likeness (QED) is 0.735. The number of hydrogen-bond donors (Lipinski definition) is 0. The molecular formula is C12H13N4O2-. The summed E-state index contributed by atoms with van der Waals surface area (Å²) in [6.07, 6.45) is 1.53. The molecule has 2 aromatic rings. The summed E-state index contributed by atoms with van der Waals surface area (Å²) in [4.78, 5) is 12.9. The molecule has 0 aliphatic carbocycles. The Labute approximate surface area is 104 Å². The Bertz CT molecular complexity index is 580. The van der Waals surface area contributed by atoms with Crippen LogP contribution in [0.4, 0.5) is 0 Å². The minimum absolute atomic E-state index is 0.444. The molecule has 0 N–H and O–H groups in total. The number of carbonyl (C=O) groups is 1. The SMILES string of the molecule is O=C([O-])C1CCCN1Cn1nnc2ccccc21. The number of carbonyl (C=O) groups excluding carboxylic acids is 1. The standard InChI is InChI=1S/C12H14N4O2/c17-12(18)11-6-3-7-15(11)8-16-10-5-2-1-4-9(10)13-14-16/h1-2,4-5,11H,3,6-8H2,(H,17,18)/p-1. The molecular weight excluding hydrogens is 232 g/mol. The van der Waals surface area contributed by atoms with E-state index in [0.29, 0.717) is 13.1 Å². The number of aliphatic carboxylic acids is 1. The maximum atomic E-state index is 11.0. The van der Waals surface area contributed by atoms with Crippen molar-refractivity contribution in [2.75, 3.05) is 6.54 Å². The van der Waals surface area contributed by atoms with Crippen LogP contribution >= 0.6 is 0 Å². The first-order chi connectivity index (χ1) is 8.75. The number of carboxylic acid groups (broad SMARTS) is 1. The maximum Gasteiger partial charge on any atom is 0.113 e. The Morgan fingerprint density at radius 1 is 1.44 bits per heavy atom. The predicted octanol–water partition coefficient (Wildman–Crippen LogP) is -0.397. The van der Waals surface area contributed by atoms with Crippen molar-refractivity contribution in [2.24, 2.45) is 0 Å². The van der Waals surface area contributed by atoms with Crippen LogP contribution in [0.1, 0.15) is 12.8 Å². The lowest BCUT2D eigenvalue weighted by Gasteiger charge is -2.24. The second-order valence-corrected chi connectivity index (χ2v) is 4.51. The molecule has 18 heavy (non-hydrogen) atoms. The van der Waals surface area contributed by atoms with Crippen LogP contribution in [0.3, 0.4) is 0 Å². The first-order valence-corrected chi connectivity index (χ1v) is 5.99. The van der Waals surface area contributed by atoms with E-state index in [4.69, 9.17) is 0 Å². The van der Waals surface area contributed by atoms with Crippen molar-refractivity contribution in [1.82, 2.24) is 19.9 Å². The molecule has 1 aromatic heterocycles. The first-order valence-electron chi connectivity index (χ1n) is 5.99. The largest absolute Gasteiger partial charge is 0.548 e. The summed E-state index contributed by atoms with van der Waals surface area (Å²) >= 11 is 0. The van der Waals surface area contributed by atoms with Gasteiger partial charge < -0.3 is 9.90 Å². The molecule has 0 bridgehead atoms. The van der Waals surface area contributed by atoms with Gasteiger partial charge in [0.1, 0.15) is 5.52 Å². The molecule has 1 aromatic carbocycles. The number of likely N-dealkylation sites (tertiary alicyclic amines) is 1. The summed E-state index contributed by atoms with van der Waals surface area (Å²) in [5, 5.41) is 19.1. The van der Waals surface area contributed by atoms with Gasteiger partial charge in [-0.15, -0.1) is 5.10 Å². The van der Waals surface area contributed by atoms with E-state index in [0.717, 1.165) is 24.0 Å². The maximum absolute atomic E-state index is 11.0. The van der Waals surface area contributed by atoms with Crippen LogP contribution in [-0.2, 0) is 11.5 Å². The van der Waals surface area contributed by atoms with Crippen molar-refractivity contribution in [2.45, 2.75) is 25.6 Å². The minimum Gasteiger partial charge on any atom is -0.548 e. The van der Waals surface area contributed by atoms with E-state index in [-0.39, 0.29) is 0 Å². The number of carboxylic acids is 1. The van der Waals surface area contributed by atoms with Gasteiger partial charge >= 0.3 is 0 Å². The topological polar surface area (TPSA) is 74.1 Å². The van der Waals surface area contributed by atoms with Gasteiger partial charge in [0.05, 0.1) is 24.2 Å². The number of nitrogens with zero attached hydrogens (tertiary/aromatic N) is 4. The lowest BCUT2D eigenvalue weighted by molar-refractivity contribution is -0.311. The number of rotatable bonds is 3. The molecule has 3 rings (SSSR count). The number of aromatic nitrogens is 3. The zero-order valence-corrected chi connectivity index (χ0v) is 9.82. The first kappa shape index (κ1) is 11.2. The van der Waals surface area contributed by atoms with Gasteiger partial charge in [0.2, 0.25) is 0 Å². The van der Waals surface area contributed by atoms with Crippen molar-refractivity contribution in [1.29, 1.82) is 0 Å². The molecule has 1 aliphatic rings. The second kappa shape index (κ2) is 4.38. The van der Waals surface area contributed by atoms with Gasteiger partial charge in [0.25, 0.3) is 0 Å². The Kier molecular flexibility index (Phi) is 2.71. The average molecular weight is 245 g/mol. The average Bonchev–Trinajstić information content (AvgIpc) is 2.97. The highest BCUT2D eigenvalue weighted by atomic mass is 16.4. The minimum atomic E-state index is -1.00. The predicted molar refractivity (Wildman–Crippen MR) is 62.3 cm³/mol. The molecule has 0 amide bonds. The summed E-state index contributed by atoms with van der Waals surface area (Å²) in [7, 11) is 0. The van der Waals surface area contributed by atoms with E-state index in [9.17, 15) is 9.90 Å². The summed E-state index contributed by atoms with van der Waals surface area (Å²) in [6.45, 7) is 1.20. The molecule has 1 unspecified atom stereocenters. The molecule has 0 spiro atoms.